The zero-order valence-corrected chi connectivity index (χ0v) is 13.4. The molecule has 0 fully saturated rings. The molecule has 5 heteroatoms. The molecule has 1 atom stereocenters. The molecule has 0 rings (SSSR count). The third-order valence-electron chi connectivity index (χ3n) is 2.99. The van der Waals surface area contributed by atoms with Crippen molar-refractivity contribution in [2.45, 2.75) is 39.7 Å². The van der Waals surface area contributed by atoms with Gasteiger partial charge in [-0.15, -0.1) is 0 Å². The number of hydrogen-bond donors (Lipinski definition) is 1. The van der Waals surface area contributed by atoms with Crippen molar-refractivity contribution >= 4 is 9.84 Å². The highest BCUT2D eigenvalue weighted by Gasteiger charge is 2.15. The van der Waals surface area contributed by atoms with Gasteiger partial charge >= 0.3 is 0 Å². The van der Waals surface area contributed by atoms with E-state index in [0.717, 1.165) is 25.9 Å². The lowest BCUT2D eigenvalue weighted by Gasteiger charge is -2.28. The van der Waals surface area contributed by atoms with Crippen LogP contribution in [0.2, 0.25) is 0 Å². The van der Waals surface area contributed by atoms with Gasteiger partial charge in [-0.25, -0.2) is 8.42 Å². The van der Waals surface area contributed by atoms with E-state index >= 15 is 0 Å². The molecule has 0 aliphatic heterocycles. The summed E-state index contributed by atoms with van der Waals surface area (Å²) in [5.74, 6) is 0.891. The van der Waals surface area contributed by atoms with Gasteiger partial charge in [-0.1, -0.05) is 27.2 Å². The number of nitrogens with zero attached hydrogens (tertiary/aromatic N) is 1. The Balaban J connectivity index is 4.13. The Labute approximate surface area is 113 Å². The maximum Gasteiger partial charge on any atom is 0.148 e. The van der Waals surface area contributed by atoms with Gasteiger partial charge in [-0.05, 0) is 25.9 Å². The molecule has 0 saturated carbocycles. The number of nitrogens with one attached hydrogen (secondary N) is 1. The maximum atomic E-state index is 11.2. The lowest BCUT2D eigenvalue weighted by atomic mass is 10.1. The average molecular weight is 278 g/mol. The molecule has 110 valence electrons. The second kappa shape index (κ2) is 8.88. The summed E-state index contributed by atoms with van der Waals surface area (Å²) in [6.07, 6.45) is 3.52. The summed E-state index contributed by atoms with van der Waals surface area (Å²) in [5, 5.41) is 3.46. The molecule has 0 amide bonds. The first-order chi connectivity index (χ1) is 8.26. The summed E-state index contributed by atoms with van der Waals surface area (Å²) in [7, 11) is -0.847. The van der Waals surface area contributed by atoms with Crippen LogP contribution < -0.4 is 5.32 Å². The zero-order chi connectivity index (χ0) is 14.2. The van der Waals surface area contributed by atoms with Gasteiger partial charge in [0.05, 0.1) is 5.75 Å². The molecule has 0 aromatic carbocycles. The minimum atomic E-state index is -2.86. The molecule has 0 spiro atoms. The minimum Gasteiger partial charge on any atom is -0.315 e. The predicted molar refractivity (Wildman–Crippen MR) is 78.7 cm³/mol. The fourth-order valence-electron chi connectivity index (χ4n) is 1.84. The lowest BCUT2D eigenvalue weighted by molar-refractivity contribution is 0.232. The monoisotopic (exact) mass is 278 g/mol. The molecule has 18 heavy (non-hydrogen) atoms. The van der Waals surface area contributed by atoms with Crippen molar-refractivity contribution in [2.75, 3.05) is 38.7 Å². The predicted octanol–water partition coefficient (Wildman–Crippen LogP) is 1.38. The van der Waals surface area contributed by atoms with E-state index in [1.807, 2.05) is 7.05 Å². The van der Waals surface area contributed by atoms with Crippen LogP contribution in [0.4, 0.5) is 0 Å². The highest BCUT2D eigenvalue weighted by molar-refractivity contribution is 7.90. The van der Waals surface area contributed by atoms with E-state index in [1.54, 1.807) is 0 Å². The second-order valence-electron chi connectivity index (χ2n) is 5.61. The van der Waals surface area contributed by atoms with Gasteiger partial charge in [0.15, 0.2) is 0 Å². The summed E-state index contributed by atoms with van der Waals surface area (Å²) in [4.78, 5) is 2.16. The molecule has 0 saturated heterocycles. The van der Waals surface area contributed by atoms with E-state index in [9.17, 15) is 8.42 Å². The van der Waals surface area contributed by atoms with Gasteiger partial charge in [-0.2, -0.15) is 0 Å². The molecular weight excluding hydrogens is 248 g/mol. The van der Waals surface area contributed by atoms with Crippen molar-refractivity contribution in [3.63, 3.8) is 0 Å². The molecular formula is C13H30N2O2S. The topological polar surface area (TPSA) is 49.4 Å². The van der Waals surface area contributed by atoms with Crippen LogP contribution in [0.3, 0.4) is 0 Å². The van der Waals surface area contributed by atoms with Gasteiger partial charge in [-0.3, -0.25) is 0 Å². The first-order valence-corrected chi connectivity index (χ1v) is 8.91. The highest BCUT2D eigenvalue weighted by atomic mass is 32.2. The Morgan fingerprint density at radius 2 is 1.83 bits per heavy atom. The van der Waals surface area contributed by atoms with E-state index in [0.29, 0.717) is 18.5 Å². The SMILES string of the molecule is CCCC(CNCC(C)C)N(C)CCS(C)(=O)=O. The van der Waals surface area contributed by atoms with Crippen molar-refractivity contribution in [1.29, 1.82) is 0 Å². The van der Waals surface area contributed by atoms with Crippen molar-refractivity contribution in [3.05, 3.63) is 0 Å². The summed E-state index contributed by atoms with van der Waals surface area (Å²) in [6.45, 7) is 9.11. The second-order valence-corrected chi connectivity index (χ2v) is 7.86. The normalized spacial score (nSPS) is 14.4. The molecule has 1 unspecified atom stereocenters. The van der Waals surface area contributed by atoms with Crippen LogP contribution in [0, 0.1) is 5.92 Å². The first-order valence-electron chi connectivity index (χ1n) is 6.85. The smallest absolute Gasteiger partial charge is 0.148 e. The molecule has 1 N–H and O–H groups in total. The van der Waals surface area contributed by atoms with E-state index in [4.69, 9.17) is 0 Å². The quantitative estimate of drug-likeness (QED) is 0.656. The molecule has 0 aliphatic rings. The fraction of sp³-hybridized carbons (Fsp3) is 1.00. The molecule has 0 aromatic rings. The Bertz CT molecular complexity index is 302. The molecule has 0 aliphatic carbocycles. The van der Waals surface area contributed by atoms with Crippen molar-refractivity contribution in [3.8, 4) is 0 Å². The van der Waals surface area contributed by atoms with Crippen molar-refractivity contribution < 1.29 is 8.42 Å². The molecule has 0 radical (unpaired) electrons. The largest absolute Gasteiger partial charge is 0.315 e. The maximum absolute atomic E-state index is 11.2. The Morgan fingerprint density at radius 1 is 1.22 bits per heavy atom. The average Bonchev–Trinajstić information content (AvgIpc) is 2.23. The summed E-state index contributed by atoms with van der Waals surface area (Å²) < 4.78 is 22.4. The van der Waals surface area contributed by atoms with Crippen LogP contribution in [-0.2, 0) is 9.84 Å². The van der Waals surface area contributed by atoms with Gasteiger partial charge < -0.3 is 10.2 Å². The van der Waals surface area contributed by atoms with Gasteiger partial charge in [0.25, 0.3) is 0 Å². The Hall–Kier alpha value is -0.130. The van der Waals surface area contributed by atoms with E-state index in [-0.39, 0.29) is 5.75 Å². The van der Waals surface area contributed by atoms with Crippen LogP contribution in [0.5, 0.6) is 0 Å². The highest BCUT2D eigenvalue weighted by Crippen LogP contribution is 2.05. The van der Waals surface area contributed by atoms with Crippen LogP contribution in [0.25, 0.3) is 0 Å². The van der Waals surface area contributed by atoms with Crippen LogP contribution >= 0.6 is 0 Å². The molecule has 0 heterocycles. The van der Waals surface area contributed by atoms with E-state index in [1.165, 1.54) is 6.26 Å². The number of rotatable bonds is 10. The van der Waals surface area contributed by atoms with Gasteiger partial charge in [0.2, 0.25) is 0 Å². The Kier molecular flexibility index (Phi) is 8.82. The molecule has 0 aromatic heterocycles. The third-order valence-corrected chi connectivity index (χ3v) is 3.92. The summed E-state index contributed by atoms with van der Waals surface area (Å²) >= 11 is 0. The Morgan fingerprint density at radius 3 is 2.28 bits per heavy atom. The minimum absolute atomic E-state index is 0.244. The van der Waals surface area contributed by atoms with Crippen molar-refractivity contribution in [2.24, 2.45) is 5.92 Å². The van der Waals surface area contributed by atoms with Crippen LogP contribution in [0.15, 0.2) is 0 Å². The summed E-state index contributed by atoms with van der Waals surface area (Å²) in [5.41, 5.74) is 0. The van der Waals surface area contributed by atoms with Crippen LogP contribution in [0.1, 0.15) is 33.6 Å². The molecule has 4 nitrogen and oxygen atoms in total. The van der Waals surface area contributed by atoms with Crippen LogP contribution in [-0.4, -0.2) is 58.1 Å². The fourth-order valence-corrected chi connectivity index (χ4v) is 2.46. The standard InChI is InChI=1S/C13H30N2O2S/c1-6-7-13(11-14-10-12(2)3)15(4)8-9-18(5,16)17/h12-14H,6-11H2,1-5H3. The third kappa shape index (κ3) is 9.85. The summed E-state index contributed by atoms with van der Waals surface area (Å²) in [6, 6.07) is 0.426. The zero-order valence-electron chi connectivity index (χ0n) is 12.6. The first kappa shape index (κ1) is 17.9. The number of hydrogen-bond acceptors (Lipinski definition) is 4. The van der Waals surface area contributed by atoms with E-state index in [2.05, 4.69) is 31.0 Å². The molecule has 0 bridgehead atoms. The lowest BCUT2D eigenvalue weighted by Crippen LogP contribution is -2.42. The van der Waals surface area contributed by atoms with Gasteiger partial charge in [0, 0.05) is 25.4 Å². The number of sulfone groups is 1. The number of likely N-dealkylation sites (N-methyl/N-ethyl adjacent to an activating group) is 1. The van der Waals surface area contributed by atoms with E-state index < -0.39 is 9.84 Å². The van der Waals surface area contributed by atoms with Crippen molar-refractivity contribution in [1.82, 2.24) is 10.2 Å². The van der Waals surface area contributed by atoms with Gasteiger partial charge in [0.1, 0.15) is 9.84 Å².